The van der Waals surface area contributed by atoms with Crippen LogP contribution in [-0.2, 0) is 16.6 Å². The van der Waals surface area contributed by atoms with Crippen molar-refractivity contribution in [3.05, 3.63) is 17.9 Å². The summed E-state index contributed by atoms with van der Waals surface area (Å²) in [6.07, 6.45) is 4.78. The molecule has 0 spiro atoms. The molecular weight excluding hydrogens is 288 g/mol. The number of sulfonamides is 1. The molecule has 0 atom stereocenters. The highest BCUT2D eigenvalue weighted by Crippen LogP contribution is 2.35. The van der Waals surface area contributed by atoms with Gasteiger partial charge in [0, 0.05) is 20.1 Å². The molecule has 1 aliphatic rings. The number of nitrogens with one attached hydrogen (secondary N) is 1. The number of rotatable bonds is 5. The molecule has 120 valence electrons. The van der Waals surface area contributed by atoms with Gasteiger partial charge in [-0.05, 0) is 43.2 Å². The maximum absolute atomic E-state index is 11.9. The predicted octanol–water partition coefficient (Wildman–Crippen LogP) is 2.59. The van der Waals surface area contributed by atoms with Gasteiger partial charge in [0.25, 0.3) is 10.0 Å². The van der Waals surface area contributed by atoms with Crippen molar-refractivity contribution in [3.8, 4) is 0 Å². The Hall–Kier alpha value is -0.850. The third-order valence-electron chi connectivity index (χ3n) is 4.28. The van der Waals surface area contributed by atoms with Crippen LogP contribution in [0.5, 0.6) is 0 Å². The lowest BCUT2D eigenvalue weighted by atomic mass is 9.75. The highest BCUT2D eigenvalue weighted by atomic mass is 32.2. The Kier molecular flexibility index (Phi) is 4.80. The Morgan fingerprint density at radius 2 is 1.90 bits per heavy atom. The Morgan fingerprint density at radius 1 is 1.29 bits per heavy atom. The molecule has 0 unspecified atom stereocenters. The smallest absolute Gasteiger partial charge is 0.275 e. The van der Waals surface area contributed by atoms with Gasteiger partial charge >= 0.3 is 0 Å². The summed E-state index contributed by atoms with van der Waals surface area (Å²) in [7, 11) is -0.477. The van der Waals surface area contributed by atoms with Crippen molar-refractivity contribution in [2.24, 2.45) is 5.41 Å². The van der Waals surface area contributed by atoms with Crippen LogP contribution in [0.1, 0.15) is 45.3 Å². The van der Waals surface area contributed by atoms with Gasteiger partial charge in [0.05, 0.1) is 6.54 Å². The fourth-order valence-electron chi connectivity index (χ4n) is 2.62. The van der Waals surface area contributed by atoms with Gasteiger partial charge < -0.3 is 9.73 Å². The maximum Gasteiger partial charge on any atom is 0.275 e. The van der Waals surface area contributed by atoms with Crippen molar-refractivity contribution in [2.75, 3.05) is 14.1 Å². The average molecular weight is 314 g/mol. The maximum atomic E-state index is 11.9. The van der Waals surface area contributed by atoms with E-state index in [-0.39, 0.29) is 5.09 Å². The molecule has 1 aromatic heterocycles. The zero-order valence-electron chi connectivity index (χ0n) is 13.3. The molecule has 1 fully saturated rings. The van der Waals surface area contributed by atoms with Crippen molar-refractivity contribution < 1.29 is 12.8 Å². The first-order valence-corrected chi connectivity index (χ1v) is 8.89. The van der Waals surface area contributed by atoms with E-state index in [1.165, 1.54) is 33.0 Å². The Morgan fingerprint density at radius 3 is 2.48 bits per heavy atom. The average Bonchev–Trinajstić information content (AvgIpc) is 2.87. The normalized spacial score (nSPS) is 20.0. The van der Waals surface area contributed by atoms with Crippen LogP contribution in [0.3, 0.4) is 0 Å². The second-order valence-electron chi connectivity index (χ2n) is 6.83. The zero-order valence-corrected chi connectivity index (χ0v) is 14.2. The van der Waals surface area contributed by atoms with Gasteiger partial charge in [-0.3, -0.25) is 0 Å². The summed E-state index contributed by atoms with van der Waals surface area (Å²) in [5.74, 6) is 0.667. The van der Waals surface area contributed by atoms with E-state index >= 15 is 0 Å². The first kappa shape index (κ1) is 16.5. The third kappa shape index (κ3) is 4.08. The van der Waals surface area contributed by atoms with Gasteiger partial charge in [-0.2, -0.15) is 0 Å². The van der Waals surface area contributed by atoms with Gasteiger partial charge in [0.15, 0.2) is 0 Å². The quantitative estimate of drug-likeness (QED) is 0.907. The minimum Gasteiger partial charge on any atom is -0.447 e. The molecule has 2 rings (SSSR count). The molecule has 21 heavy (non-hydrogen) atoms. The zero-order chi connectivity index (χ0) is 15.7. The van der Waals surface area contributed by atoms with Gasteiger partial charge in [-0.25, -0.2) is 12.7 Å². The van der Waals surface area contributed by atoms with E-state index in [0.717, 1.165) is 17.1 Å². The summed E-state index contributed by atoms with van der Waals surface area (Å²) < 4.78 is 30.5. The molecule has 1 saturated carbocycles. The van der Waals surface area contributed by atoms with Crippen molar-refractivity contribution in [1.29, 1.82) is 0 Å². The highest BCUT2D eigenvalue weighted by Gasteiger charge is 2.27. The molecule has 1 aromatic rings. The largest absolute Gasteiger partial charge is 0.447 e. The van der Waals surface area contributed by atoms with Crippen LogP contribution in [0.2, 0.25) is 0 Å². The number of nitrogens with zero attached hydrogens (tertiary/aromatic N) is 1. The van der Waals surface area contributed by atoms with Crippen LogP contribution < -0.4 is 5.32 Å². The van der Waals surface area contributed by atoms with Crippen LogP contribution in [0.25, 0.3) is 0 Å². The van der Waals surface area contributed by atoms with Gasteiger partial charge in [-0.1, -0.05) is 13.8 Å². The topological polar surface area (TPSA) is 62.6 Å². The molecule has 0 amide bonds. The molecule has 1 heterocycles. The summed E-state index contributed by atoms with van der Waals surface area (Å²) in [5.41, 5.74) is 0.454. The fourth-order valence-corrected chi connectivity index (χ4v) is 3.43. The molecule has 1 aliphatic carbocycles. The third-order valence-corrected chi connectivity index (χ3v) is 5.97. The highest BCUT2D eigenvalue weighted by molar-refractivity contribution is 7.88. The Bertz CT molecular complexity index is 565. The molecule has 6 heteroatoms. The van der Waals surface area contributed by atoms with Gasteiger partial charge in [0.1, 0.15) is 5.76 Å². The Labute approximate surface area is 127 Å². The molecule has 0 saturated heterocycles. The van der Waals surface area contributed by atoms with Crippen LogP contribution in [-0.4, -0.2) is 32.9 Å². The minimum atomic E-state index is -3.48. The first-order valence-electron chi connectivity index (χ1n) is 7.45. The van der Waals surface area contributed by atoms with Gasteiger partial charge in [0.2, 0.25) is 5.09 Å². The lowest BCUT2D eigenvalue weighted by molar-refractivity contribution is 0.203. The molecule has 5 nitrogen and oxygen atoms in total. The molecule has 0 radical (unpaired) electrons. The summed E-state index contributed by atoms with van der Waals surface area (Å²) in [6.45, 7) is 5.20. The standard InChI is InChI=1S/C15H26N2O3S/c1-15(2)9-7-12(8-10-15)16-11-13-5-6-14(20-13)21(18,19)17(3)4/h5-6,12,16H,7-11H2,1-4H3. The van der Waals surface area contributed by atoms with Crippen molar-refractivity contribution in [3.63, 3.8) is 0 Å². The van der Waals surface area contributed by atoms with E-state index in [4.69, 9.17) is 4.42 Å². The number of hydrogen-bond acceptors (Lipinski definition) is 4. The van der Waals surface area contributed by atoms with E-state index in [1.54, 1.807) is 6.07 Å². The van der Waals surface area contributed by atoms with Crippen LogP contribution in [0.4, 0.5) is 0 Å². The molecular formula is C15H26N2O3S. The molecule has 0 aromatic carbocycles. The first-order chi connectivity index (χ1) is 9.71. The van der Waals surface area contributed by atoms with E-state index in [1.807, 2.05) is 0 Å². The van der Waals surface area contributed by atoms with Crippen molar-refractivity contribution in [1.82, 2.24) is 9.62 Å². The minimum absolute atomic E-state index is 0.00841. The van der Waals surface area contributed by atoms with E-state index in [0.29, 0.717) is 23.8 Å². The van der Waals surface area contributed by atoms with Crippen LogP contribution >= 0.6 is 0 Å². The van der Waals surface area contributed by atoms with Crippen LogP contribution in [0.15, 0.2) is 21.6 Å². The fraction of sp³-hybridized carbons (Fsp3) is 0.733. The summed E-state index contributed by atoms with van der Waals surface area (Å²) in [6, 6.07) is 3.75. The number of hydrogen-bond donors (Lipinski definition) is 1. The van der Waals surface area contributed by atoms with Crippen LogP contribution in [0, 0.1) is 5.41 Å². The molecule has 1 N–H and O–H groups in total. The second kappa shape index (κ2) is 6.10. The second-order valence-corrected chi connectivity index (χ2v) is 8.91. The molecule has 0 aliphatic heterocycles. The summed E-state index contributed by atoms with van der Waals surface area (Å²) >= 11 is 0. The molecule has 0 bridgehead atoms. The Balaban J connectivity index is 1.90. The monoisotopic (exact) mass is 314 g/mol. The number of furan rings is 1. The van der Waals surface area contributed by atoms with Gasteiger partial charge in [-0.15, -0.1) is 0 Å². The predicted molar refractivity (Wildman–Crippen MR) is 82.5 cm³/mol. The van der Waals surface area contributed by atoms with E-state index in [2.05, 4.69) is 19.2 Å². The van der Waals surface area contributed by atoms with E-state index < -0.39 is 10.0 Å². The van der Waals surface area contributed by atoms with Crippen molar-refractivity contribution in [2.45, 2.75) is 57.2 Å². The SMILES string of the molecule is CN(C)S(=O)(=O)c1ccc(CNC2CCC(C)(C)CC2)o1. The lowest BCUT2D eigenvalue weighted by Crippen LogP contribution is -2.35. The van der Waals surface area contributed by atoms with E-state index in [9.17, 15) is 8.42 Å². The summed E-state index contributed by atoms with van der Waals surface area (Å²) in [4.78, 5) is 0. The lowest BCUT2D eigenvalue weighted by Gasteiger charge is -2.34. The summed E-state index contributed by atoms with van der Waals surface area (Å²) in [5, 5.41) is 3.48. The van der Waals surface area contributed by atoms with Crippen molar-refractivity contribution >= 4 is 10.0 Å².